The molecule has 0 aromatic heterocycles. The van der Waals surface area contributed by atoms with Crippen molar-refractivity contribution in [3.8, 4) is 0 Å². The third-order valence-electron chi connectivity index (χ3n) is 4.22. The van der Waals surface area contributed by atoms with Gasteiger partial charge in [0.2, 0.25) is 0 Å². The van der Waals surface area contributed by atoms with Gasteiger partial charge in [-0.3, -0.25) is 9.80 Å². The van der Waals surface area contributed by atoms with E-state index < -0.39 is 0 Å². The van der Waals surface area contributed by atoms with E-state index in [4.69, 9.17) is 0 Å². The van der Waals surface area contributed by atoms with E-state index in [2.05, 4.69) is 50.0 Å². The molecule has 2 aliphatic rings. The zero-order valence-electron chi connectivity index (χ0n) is 10.8. The van der Waals surface area contributed by atoms with Crippen LogP contribution in [0.1, 0.15) is 24.8 Å². The first-order valence-electron chi connectivity index (χ1n) is 7.02. The summed E-state index contributed by atoms with van der Waals surface area (Å²) in [5, 5.41) is 0. The minimum Gasteiger partial charge on any atom is -0.298 e. The number of piperidine rings is 1. The first-order chi connectivity index (χ1) is 8.81. The number of hydrogen-bond acceptors (Lipinski definition) is 2. The van der Waals surface area contributed by atoms with Gasteiger partial charge in [0.1, 0.15) is 0 Å². The SMILES string of the molecule is Brc1cccc(CN2CCN3CCCCC3C2)c1. The molecule has 0 spiro atoms. The zero-order valence-corrected chi connectivity index (χ0v) is 12.4. The standard InChI is InChI=1S/C15H21BrN2/c16-14-5-3-4-13(10-14)11-17-8-9-18-7-2-1-6-15(18)12-17/h3-5,10,15H,1-2,6-9,11-12H2. The van der Waals surface area contributed by atoms with Gasteiger partial charge in [-0.2, -0.15) is 0 Å². The number of hydrogen-bond donors (Lipinski definition) is 0. The second kappa shape index (κ2) is 5.72. The second-order valence-corrected chi connectivity index (χ2v) is 6.47. The van der Waals surface area contributed by atoms with Crippen LogP contribution in [0.3, 0.4) is 0 Å². The molecule has 0 aliphatic carbocycles. The molecule has 1 aromatic rings. The van der Waals surface area contributed by atoms with E-state index in [0.717, 1.165) is 12.6 Å². The van der Waals surface area contributed by atoms with E-state index >= 15 is 0 Å². The van der Waals surface area contributed by atoms with Gasteiger partial charge >= 0.3 is 0 Å². The van der Waals surface area contributed by atoms with Gasteiger partial charge < -0.3 is 0 Å². The summed E-state index contributed by atoms with van der Waals surface area (Å²) < 4.78 is 1.19. The fourth-order valence-electron chi connectivity index (χ4n) is 3.26. The lowest BCUT2D eigenvalue weighted by atomic mass is 9.99. The lowest BCUT2D eigenvalue weighted by Gasteiger charge is -2.44. The molecule has 1 unspecified atom stereocenters. The summed E-state index contributed by atoms with van der Waals surface area (Å²) in [6, 6.07) is 9.53. The van der Waals surface area contributed by atoms with E-state index in [1.807, 2.05) is 0 Å². The quantitative estimate of drug-likeness (QED) is 0.828. The third kappa shape index (κ3) is 2.95. The number of fused-ring (bicyclic) bond motifs is 1. The number of benzene rings is 1. The van der Waals surface area contributed by atoms with Crippen LogP contribution >= 0.6 is 15.9 Å². The fourth-order valence-corrected chi connectivity index (χ4v) is 3.70. The van der Waals surface area contributed by atoms with Gasteiger partial charge in [-0.1, -0.05) is 34.5 Å². The summed E-state index contributed by atoms with van der Waals surface area (Å²) in [5.41, 5.74) is 1.42. The van der Waals surface area contributed by atoms with Crippen LogP contribution < -0.4 is 0 Å². The molecule has 1 atom stereocenters. The molecule has 18 heavy (non-hydrogen) atoms. The maximum atomic E-state index is 3.56. The molecule has 0 bridgehead atoms. The molecule has 0 amide bonds. The Labute approximate surface area is 118 Å². The number of piperazine rings is 1. The Balaban J connectivity index is 1.61. The van der Waals surface area contributed by atoms with E-state index in [9.17, 15) is 0 Å². The van der Waals surface area contributed by atoms with Gasteiger partial charge in [-0.25, -0.2) is 0 Å². The smallest absolute Gasteiger partial charge is 0.0235 e. The van der Waals surface area contributed by atoms with Crippen LogP contribution in [0.25, 0.3) is 0 Å². The highest BCUT2D eigenvalue weighted by molar-refractivity contribution is 9.10. The molecule has 98 valence electrons. The van der Waals surface area contributed by atoms with Gasteiger partial charge in [-0.05, 0) is 37.1 Å². The maximum absolute atomic E-state index is 3.56. The van der Waals surface area contributed by atoms with Crippen LogP contribution in [0, 0.1) is 0 Å². The summed E-state index contributed by atoms with van der Waals surface area (Å²) in [7, 11) is 0. The molecule has 0 saturated carbocycles. The van der Waals surface area contributed by atoms with Crippen molar-refractivity contribution in [2.24, 2.45) is 0 Å². The van der Waals surface area contributed by atoms with E-state index in [1.165, 1.54) is 55.5 Å². The highest BCUT2D eigenvalue weighted by Gasteiger charge is 2.28. The third-order valence-corrected chi connectivity index (χ3v) is 4.71. The monoisotopic (exact) mass is 308 g/mol. The lowest BCUT2D eigenvalue weighted by Crippen LogP contribution is -2.54. The lowest BCUT2D eigenvalue weighted by molar-refractivity contribution is 0.0457. The molecule has 2 fully saturated rings. The van der Waals surface area contributed by atoms with Crippen LogP contribution in [0.5, 0.6) is 0 Å². The largest absolute Gasteiger partial charge is 0.298 e. The van der Waals surface area contributed by atoms with Gasteiger partial charge in [0.25, 0.3) is 0 Å². The minimum absolute atomic E-state index is 0.819. The van der Waals surface area contributed by atoms with Crippen molar-refractivity contribution < 1.29 is 0 Å². The van der Waals surface area contributed by atoms with E-state index in [-0.39, 0.29) is 0 Å². The number of rotatable bonds is 2. The Hall–Kier alpha value is -0.380. The van der Waals surface area contributed by atoms with Crippen molar-refractivity contribution in [1.29, 1.82) is 0 Å². The highest BCUT2D eigenvalue weighted by atomic mass is 79.9. The Kier molecular flexibility index (Phi) is 4.02. The topological polar surface area (TPSA) is 6.48 Å². The number of nitrogens with zero attached hydrogens (tertiary/aromatic N) is 2. The highest BCUT2D eigenvalue weighted by Crippen LogP contribution is 2.22. The molecule has 2 saturated heterocycles. The van der Waals surface area contributed by atoms with Crippen LogP contribution in [0.4, 0.5) is 0 Å². The molecular weight excluding hydrogens is 288 g/mol. The first kappa shape index (κ1) is 12.6. The molecule has 2 aliphatic heterocycles. The van der Waals surface area contributed by atoms with Gasteiger partial charge in [-0.15, -0.1) is 0 Å². The molecule has 1 aromatic carbocycles. The average Bonchev–Trinajstić information content (AvgIpc) is 2.39. The van der Waals surface area contributed by atoms with Gasteiger partial charge in [0.15, 0.2) is 0 Å². The maximum Gasteiger partial charge on any atom is 0.0235 e. The normalized spacial score (nSPS) is 25.9. The molecule has 2 nitrogen and oxygen atoms in total. The second-order valence-electron chi connectivity index (χ2n) is 5.55. The van der Waals surface area contributed by atoms with Crippen LogP contribution in [-0.4, -0.2) is 42.0 Å². The Bertz CT molecular complexity index is 407. The summed E-state index contributed by atoms with van der Waals surface area (Å²) >= 11 is 3.56. The van der Waals surface area contributed by atoms with Crippen molar-refractivity contribution in [2.75, 3.05) is 26.2 Å². The predicted octanol–water partition coefficient (Wildman–Crippen LogP) is 3.12. The first-order valence-corrected chi connectivity index (χ1v) is 7.81. The Morgan fingerprint density at radius 3 is 3.00 bits per heavy atom. The molecule has 3 rings (SSSR count). The molecular formula is C15H21BrN2. The van der Waals surface area contributed by atoms with Crippen LogP contribution in [0.2, 0.25) is 0 Å². The van der Waals surface area contributed by atoms with E-state index in [0.29, 0.717) is 0 Å². The van der Waals surface area contributed by atoms with Crippen LogP contribution in [0.15, 0.2) is 28.7 Å². The summed E-state index contributed by atoms with van der Waals surface area (Å²) in [5.74, 6) is 0. The molecule has 3 heteroatoms. The van der Waals surface area contributed by atoms with Gasteiger partial charge in [0, 0.05) is 36.7 Å². The Morgan fingerprint density at radius 2 is 2.11 bits per heavy atom. The van der Waals surface area contributed by atoms with Crippen molar-refractivity contribution >= 4 is 15.9 Å². The van der Waals surface area contributed by atoms with Crippen molar-refractivity contribution in [3.63, 3.8) is 0 Å². The van der Waals surface area contributed by atoms with Crippen molar-refractivity contribution in [1.82, 2.24) is 9.80 Å². The van der Waals surface area contributed by atoms with Crippen molar-refractivity contribution in [2.45, 2.75) is 31.8 Å². The summed E-state index contributed by atoms with van der Waals surface area (Å²) in [4.78, 5) is 5.31. The minimum atomic E-state index is 0.819. The van der Waals surface area contributed by atoms with Crippen LogP contribution in [-0.2, 0) is 6.54 Å². The molecule has 0 radical (unpaired) electrons. The van der Waals surface area contributed by atoms with Crippen molar-refractivity contribution in [3.05, 3.63) is 34.3 Å². The fraction of sp³-hybridized carbons (Fsp3) is 0.600. The molecule has 2 heterocycles. The predicted molar refractivity (Wildman–Crippen MR) is 78.6 cm³/mol. The van der Waals surface area contributed by atoms with Gasteiger partial charge in [0.05, 0.1) is 0 Å². The Morgan fingerprint density at radius 1 is 1.17 bits per heavy atom. The molecule has 0 N–H and O–H groups in total. The summed E-state index contributed by atoms with van der Waals surface area (Å²) in [6.07, 6.45) is 4.23. The zero-order chi connectivity index (χ0) is 12.4. The number of halogens is 1. The average molecular weight is 309 g/mol. The summed E-state index contributed by atoms with van der Waals surface area (Å²) in [6.45, 7) is 6.17. The van der Waals surface area contributed by atoms with E-state index in [1.54, 1.807) is 0 Å².